The van der Waals surface area contributed by atoms with Crippen molar-refractivity contribution in [1.29, 1.82) is 0 Å². The molecule has 1 heterocycles. The van der Waals surface area contributed by atoms with Crippen LogP contribution in [0.25, 0.3) is 0 Å². The zero-order valence-electron chi connectivity index (χ0n) is 11.1. The molecule has 0 saturated carbocycles. The Labute approximate surface area is 104 Å². The van der Waals surface area contributed by atoms with Crippen LogP contribution in [-0.4, -0.2) is 29.7 Å². The van der Waals surface area contributed by atoms with Crippen LogP contribution < -0.4 is 5.32 Å². The fraction of sp³-hybridized carbons (Fsp3) is 0.692. The van der Waals surface area contributed by atoms with Crippen LogP contribution in [0.5, 0.6) is 0 Å². The van der Waals surface area contributed by atoms with Gasteiger partial charge in [0.05, 0.1) is 18.0 Å². The lowest BCUT2D eigenvalue weighted by Gasteiger charge is -2.07. The first-order valence-electron chi connectivity index (χ1n) is 6.24. The molecule has 17 heavy (non-hydrogen) atoms. The Balaban J connectivity index is 1.99. The van der Waals surface area contributed by atoms with Gasteiger partial charge in [-0.25, -0.2) is 0 Å². The number of ether oxygens (including phenoxy) is 1. The van der Waals surface area contributed by atoms with Crippen LogP contribution in [0.15, 0.2) is 12.4 Å². The lowest BCUT2D eigenvalue weighted by molar-refractivity contribution is 0.125. The van der Waals surface area contributed by atoms with Crippen molar-refractivity contribution >= 4 is 0 Å². The number of hydrogen-bond acceptors (Lipinski definition) is 4. The van der Waals surface area contributed by atoms with Gasteiger partial charge < -0.3 is 10.1 Å². The van der Waals surface area contributed by atoms with Crippen molar-refractivity contribution in [3.8, 4) is 0 Å². The fourth-order valence-electron chi connectivity index (χ4n) is 1.29. The predicted octanol–water partition coefficient (Wildman–Crippen LogP) is 1.94. The van der Waals surface area contributed by atoms with Gasteiger partial charge >= 0.3 is 0 Å². The molecular formula is C13H23N3O. The second-order valence-electron chi connectivity index (χ2n) is 4.62. The number of rotatable bonds is 8. The molecule has 0 amide bonds. The summed E-state index contributed by atoms with van der Waals surface area (Å²) >= 11 is 0. The predicted molar refractivity (Wildman–Crippen MR) is 68.7 cm³/mol. The van der Waals surface area contributed by atoms with E-state index >= 15 is 0 Å². The Kier molecular flexibility index (Phi) is 6.74. The van der Waals surface area contributed by atoms with Crippen LogP contribution in [0.4, 0.5) is 0 Å². The molecule has 0 aliphatic heterocycles. The molecule has 0 bridgehead atoms. The quantitative estimate of drug-likeness (QED) is 0.702. The van der Waals surface area contributed by atoms with Gasteiger partial charge in [0.1, 0.15) is 0 Å². The third-order valence-corrected chi connectivity index (χ3v) is 2.40. The van der Waals surface area contributed by atoms with E-state index in [2.05, 4.69) is 29.1 Å². The Morgan fingerprint density at radius 1 is 1.24 bits per heavy atom. The summed E-state index contributed by atoms with van der Waals surface area (Å²) in [5.41, 5.74) is 1.92. The van der Waals surface area contributed by atoms with Crippen molar-refractivity contribution in [3.63, 3.8) is 0 Å². The van der Waals surface area contributed by atoms with E-state index < -0.39 is 0 Å². The number of nitrogens with one attached hydrogen (secondary N) is 1. The van der Waals surface area contributed by atoms with Crippen molar-refractivity contribution in [1.82, 2.24) is 15.3 Å². The molecule has 1 aromatic heterocycles. The van der Waals surface area contributed by atoms with Crippen molar-refractivity contribution in [3.05, 3.63) is 23.8 Å². The SMILES string of the molecule is Cc1cnc(CNCCOCCC(C)C)cn1. The van der Waals surface area contributed by atoms with E-state index in [4.69, 9.17) is 4.74 Å². The van der Waals surface area contributed by atoms with Gasteiger partial charge in [-0.05, 0) is 19.3 Å². The minimum Gasteiger partial charge on any atom is -0.380 e. The van der Waals surface area contributed by atoms with E-state index in [-0.39, 0.29) is 0 Å². The highest BCUT2D eigenvalue weighted by atomic mass is 16.5. The highest BCUT2D eigenvalue weighted by Gasteiger charge is 1.96. The average molecular weight is 237 g/mol. The maximum atomic E-state index is 5.50. The van der Waals surface area contributed by atoms with E-state index in [1.807, 2.05) is 13.1 Å². The van der Waals surface area contributed by atoms with E-state index in [0.717, 1.165) is 44.1 Å². The van der Waals surface area contributed by atoms with Crippen molar-refractivity contribution in [2.75, 3.05) is 19.8 Å². The van der Waals surface area contributed by atoms with Crippen molar-refractivity contribution in [2.24, 2.45) is 5.92 Å². The summed E-state index contributed by atoms with van der Waals surface area (Å²) < 4.78 is 5.50. The molecule has 96 valence electrons. The maximum absolute atomic E-state index is 5.50. The zero-order valence-corrected chi connectivity index (χ0v) is 11.1. The number of aromatic nitrogens is 2. The van der Waals surface area contributed by atoms with Gasteiger partial charge in [-0.3, -0.25) is 9.97 Å². The third kappa shape index (κ3) is 7.02. The minimum absolute atomic E-state index is 0.714. The van der Waals surface area contributed by atoms with Crippen LogP contribution in [0.3, 0.4) is 0 Å². The summed E-state index contributed by atoms with van der Waals surface area (Å²) in [6.07, 6.45) is 4.72. The van der Waals surface area contributed by atoms with Gasteiger partial charge in [0.25, 0.3) is 0 Å². The second-order valence-corrected chi connectivity index (χ2v) is 4.62. The van der Waals surface area contributed by atoms with Crippen molar-refractivity contribution in [2.45, 2.75) is 33.7 Å². The van der Waals surface area contributed by atoms with Gasteiger partial charge in [0, 0.05) is 32.1 Å². The highest BCUT2D eigenvalue weighted by Crippen LogP contribution is 1.98. The normalized spacial score (nSPS) is 11.1. The molecule has 1 N–H and O–H groups in total. The van der Waals surface area contributed by atoms with Crippen molar-refractivity contribution < 1.29 is 4.74 Å². The van der Waals surface area contributed by atoms with Crippen LogP contribution in [0.1, 0.15) is 31.7 Å². The summed E-state index contributed by atoms with van der Waals surface area (Å²) in [5, 5.41) is 3.28. The number of aryl methyl sites for hydroxylation is 1. The molecule has 0 atom stereocenters. The number of nitrogens with zero attached hydrogens (tertiary/aromatic N) is 2. The summed E-state index contributed by atoms with van der Waals surface area (Å²) in [5.74, 6) is 0.714. The summed E-state index contributed by atoms with van der Waals surface area (Å²) in [4.78, 5) is 8.46. The molecule has 0 spiro atoms. The molecular weight excluding hydrogens is 214 g/mol. The minimum atomic E-state index is 0.714. The maximum Gasteiger partial charge on any atom is 0.0724 e. The molecule has 0 aromatic carbocycles. The lowest BCUT2D eigenvalue weighted by atomic mass is 10.1. The second kappa shape index (κ2) is 8.14. The lowest BCUT2D eigenvalue weighted by Crippen LogP contribution is -2.20. The Morgan fingerprint density at radius 2 is 2.06 bits per heavy atom. The van der Waals surface area contributed by atoms with Gasteiger partial charge in [-0.2, -0.15) is 0 Å². The Hall–Kier alpha value is -1.00. The smallest absolute Gasteiger partial charge is 0.0724 e. The molecule has 0 radical (unpaired) electrons. The molecule has 4 heteroatoms. The first-order valence-corrected chi connectivity index (χ1v) is 6.24. The molecule has 0 aliphatic carbocycles. The number of hydrogen-bond donors (Lipinski definition) is 1. The molecule has 0 saturated heterocycles. The Morgan fingerprint density at radius 3 is 2.71 bits per heavy atom. The molecule has 0 aliphatic rings. The molecule has 0 unspecified atom stereocenters. The largest absolute Gasteiger partial charge is 0.380 e. The van der Waals surface area contributed by atoms with E-state index in [9.17, 15) is 0 Å². The average Bonchev–Trinajstić information content (AvgIpc) is 2.30. The van der Waals surface area contributed by atoms with Gasteiger partial charge in [0.2, 0.25) is 0 Å². The van der Waals surface area contributed by atoms with Crippen LogP contribution in [0.2, 0.25) is 0 Å². The van der Waals surface area contributed by atoms with Crippen LogP contribution in [0, 0.1) is 12.8 Å². The highest BCUT2D eigenvalue weighted by molar-refractivity contribution is 4.99. The molecule has 1 aromatic rings. The monoisotopic (exact) mass is 237 g/mol. The summed E-state index contributed by atoms with van der Waals surface area (Å²) in [6, 6.07) is 0. The molecule has 4 nitrogen and oxygen atoms in total. The third-order valence-electron chi connectivity index (χ3n) is 2.40. The van der Waals surface area contributed by atoms with E-state index in [1.54, 1.807) is 6.20 Å². The van der Waals surface area contributed by atoms with Gasteiger partial charge in [0.15, 0.2) is 0 Å². The summed E-state index contributed by atoms with van der Waals surface area (Å²) in [7, 11) is 0. The first kappa shape index (κ1) is 14.1. The van der Waals surface area contributed by atoms with E-state index in [0.29, 0.717) is 5.92 Å². The zero-order chi connectivity index (χ0) is 12.5. The topological polar surface area (TPSA) is 47.0 Å². The summed E-state index contributed by atoms with van der Waals surface area (Å²) in [6.45, 7) is 9.56. The molecule has 1 rings (SSSR count). The Bertz CT molecular complexity index is 298. The van der Waals surface area contributed by atoms with Crippen LogP contribution >= 0.6 is 0 Å². The first-order chi connectivity index (χ1) is 8.18. The fourth-order valence-corrected chi connectivity index (χ4v) is 1.29. The van der Waals surface area contributed by atoms with Gasteiger partial charge in [-0.15, -0.1) is 0 Å². The molecule has 0 fully saturated rings. The van der Waals surface area contributed by atoms with Gasteiger partial charge in [-0.1, -0.05) is 13.8 Å². The van der Waals surface area contributed by atoms with E-state index in [1.165, 1.54) is 0 Å². The standard InChI is InChI=1S/C13H23N3O/c1-11(2)4-6-17-7-5-14-9-13-10-15-12(3)8-16-13/h8,10-11,14H,4-7,9H2,1-3H3. The van der Waals surface area contributed by atoms with Crippen LogP contribution in [-0.2, 0) is 11.3 Å².